The second-order valence-electron chi connectivity index (χ2n) is 8.04. The molecule has 31 heavy (non-hydrogen) atoms. The minimum atomic E-state index is -0.582. The Labute approximate surface area is 183 Å². The van der Waals surface area contributed by atoms with Gasteiger partial charge in [0.2, 0.25) is 0 Å². The van der Waals surface area contributed by atoms with E-state index in [-0.39, 0.29) is 6.03 Å². The Morgan fingerprint density at radius 2 is 1.87 bits per heavy atom. The van der Waals surface area contributed by atoms with Crippen molar-refractivity contribution in [3.8, 4) is 5.75 Å². The van der Waals surface area contributed by atoms with Gasteiger partial charge in [0.1, 0.15) is 11.4 Å². The van der Waals surface area contributed by atoms with Crippen LogP contribution in [-0.2, 0) is 17.8 Å². The first kappa shape index (κ1) is 24.0. The maximum absolute atomic E-state index is 12.6. The minimum absolute atomic E-state index is 0.276. The van der Waals surface area contributed by atoms with Crippen LogP contribution in [0.3, 0.4) is 0 Å². The van der Waals surface area contributed by atoms with Crippen LogP contribution in [0.4, 0.5) is 9.59 Å². The summed E-state index contributed by atoms with van der Waals surface area (Å²) in [5.41, 5.74) is 1.23. The lowest BCUT2D eigenvalue weighted by Gasteiger charge is -2.27. The number of pyridine rings is 1. The highest BCUT2D eigenvalue weighted by Crippen LogP contribution is 2.16. The second-order valence-corrected chi connectivity index (χ2v) is 8.04. The lowest BCUT2D eigenvalue weighted by atomic mass is 10.2. The molecule has 1 aromatic carbocycles. The van der Waals surface area contributed by atoms with Gasteiger partial charge in [-0.3, -0.25) is 4.98 Å². The van der Waals surface area contributed by atoms with Gasteiger partial charge in [-0.15, -0.1) is 0 Å². The summed E-state index contributed by atoms with van der Waals surface area (Å²) < 4.78 is 10.8. The molecule has 8 heteroatoms. The van der Waals surface area contributed by atoms with E-state index in [1.165, 1.54) is 0 Å². The molecule has 1 aromatic heterocycles. The fraction of sp³-hybridized carbons (Fsp3) is 0.435. The van der Waals surface area contributed by atoms with Gasteiger partial charge in [-0.1, -0.05) is 24.3 Å². The average Bonchev–Trinajstić information content (AvgIpc) is 2.74. The molecule has 0 bridgehead atoms. The van der Waals surface area contributed by atoms with Crippen molar-refractivity contribution in [1.29, 1.82) is 0 Å². The third kappa shape index (κ3) is 8.94. The number of aromatic nitrogens is 1. The number of hydrogen-bond donors (Lipinski definition) is 2. The van der Waals surface area contributed by atoms with Crippen LogP contribution in [-0.4, -0.2) is 47.8 Å². The molecule has 8 nitrogen and oxygen atoms in total. The Morgan fingerprint density at radius 3 is 2.55 bits per heavy atom. The number of methoxy groups -OCH3 is 1. The van der Waals surface area contributed by atoms with Gasteiger partial charge in [-0.25, -0.2) is 9.59 Å². The Bertz CT molecular complexity index is 837. The number of rotatable bonds is 9. The van der Waals surface area contributed by atoms with Gasteiger partial charge in [-0.05, 0) is 44.9 Å². The van der Waals surface area contributed by atoms with Crippen molar-refractivity contribution < 1.29 is 19.1 Å². The number of benzene rings is 1. The standard InChI is InChI=1S/C23H32N4O4/c1-23(2,3)31-22(29)27(17-18-9-7-12-24-15-18)14-8-13-25-21(28)26-16-19-10-5-6-11-20(19)30-4/h5-7,9-12,15H,8,13-14,16-17H2,1-4H3,(H2,25,26,28). The van der Waals surface area contributed by atoms with Gasteiger partial charge < -0.3 is 25.0 Å². The molecule has 0 atom stereocenters. The SMILES string of the molecule is COc1ccccc1CNC(=O)NCCCN(Cc1cccnc1)C(=O)OC(C)(C)C. The molecule has 0 saturated carbocycles. The minimum Gasteiger partial charge on any atom is -0.496 e. The number of ether oxygens (including phenoxy) is 2. The molecule has 2 aromatic rings. The monoisotopic (exact) mass is 428 g/mol. The van der Waals surface area contributed by atoms with E-state index in [9.17, 15) is 9.59 Å². The lowest BCUT2D eigenvalue weighted by Crippen LogP contribution is -2.39. The van der Waals surface area contributed by atoms with E-state index in [2.05, 4.69) is 15.6 Å². The molecule has 0 spiro atoms. The predicted molar refractivity (Wildman–Crippen MR) is 119 cm³/mol. The molecule has 0 aliphatic heterocycles. The number of hydrogen-bond acceptors (Lipinski definition) is 5. The average molecular weight is 429 g/mol. The van der Waals surface area contributed by atoms with Gasteiger partial charge in [-0.2, -0.15) is 0 Å². The summed E-state index contributed by atoms with van der Waals surface area (Å²) in [5, 5.41) is 5.63. The molecule has 3 amide bonds. The number of nitrogens with one attached hydrogen (secondary N) is 2. The van der Waals surface area contributed by atoms with Crippen molar-refractivity contribution in [3.63, 3.8) is 0 Å². The molecule has 1 heterocycles. The quantitative estimate of drug-likeness (QED) is 0.594. The molecule has 0 radical (unpaired) electrons. The summed E-state index contributed by atoms with van der Waals surface area (Å²) in [4.78, 5) is 30.4. The van der Waals surface area contributed by atoms with Crippen LogP contribution in [0.5, 0.6) is 5.75 Å². The zero-order valence-electron chi connectivity index (χ0n) is 18.7. The smallest absolute Gasteiger partial charge is 0.410 e. The maximum atomic E-state index is 12.6. The Kier molecular flexibility index (Phi) is 9.12. The largest absolute Gasteiger partial charge is 0.496 e. The van der Waals surface area contributed by atoms with E-state index in [4.69, 9.17) is 9.47 Å². The first-order chi connectivity index (χ1) is 14.8. The first-order valence-electron chi connectivity index (χ1n) is 10.3. The zero-order chi connectivity index (χ0) is 22.7. The van der Waals surface area contributed by atoms with Crippen molar-refractivity contribution in [1.82, 2.24) is 20.5 Å². The third-order valence-corrected chi connectivity index (χ3v) is 4.27. The van der Waals surface area contributed by atoms with Crippen molar-refractivity contribution in [2.45, 2.75) is 45.9 Å². The van der Waals surface area contributed by atoms with Gasteiger partial charge in [0.15, 0.2) is 0 Å². The van der Waals surface area contributed by atoms with Crippen LogP contribution in [0.15, 0.2) is 48.8 Å². The number of amides is 3. The number of urea groups is 1. The second kappa shape index (κ2) is 11.8. The highest BCUT2D eigenvalue weighted by molar-refractivity contribution is 5.73. The van der Waals surface area contributed by atoms with Crippen molar-refractivity contribution >= 4 is 12.1 Å². The van der Waals surface area contributed by atoms with Crippen LogP contribution in [0.1, 0.15) is 38.3 Å². The normalized spacial score (nSPS) is 10.8. The fourth-order valence-corrected chi connectivity index (χ4v) is 2.83. The highest BCUT2D eigenvalue weighted by atomic mass is 16.6. The topological polar surface area (TPSA) is 92.8 Å². The van der Waals surface area contributed by atoms with E-state index in [0.717, 1.165) is 16.9 Å². The van der Waals surface area contributed by atoms with Crippen LogP contribution in [0.25, 0.3) is 0 Å². The van der Waals surface area contributed by atoms with Gasteiger partial charge in [0.25, 0.3) is 0 Å². The number of carbonyl (C=O) groups excluding carboxylic acids is 2. The summed E-state index contributed by atoms with van der Waals surface area (Å²) in [7, 11) is 1.60. The lowest BCUT2D eigenvalue weighted by molar-refractivity contribution is 0.0232. The van der Waals surface area contributed by atoms with E-state index >= 15 is 0 Å². The number of carbonyl (C=O) groups is 2. The van der Waals surface area contributed by atoms with E-state index in [1.807, 2.05) is 57.2 Å². The molecule has 2 N–H and O–H groups in total. The third-order valence-electron chi connectivity index (χ3n) is 4.27. The Morgan fingerprint density at radius 1 is 1.10 bits per heavy atom. The maximum Gasteiger partial charge on any atom is 0.410 e. The first-order valence-corrected chi connectivity index (χ1v) is 10.3. The van der Waals surface area contributed by atoms with Gasteiger partial charge >= 0.3 is 12.1 Å². The molecule has 0 aliphatic carbocycles. The Balaban J connectivity index is 1.81. The van der Waals surface area contributed by atoms with Crippen LogP contribution in [0.2, 0.25) is 0 Å². The van der Waals surface area contributed by atoms with Crippen molar-refractivity contribution in [2.75, 3.05) is 20.2 Å². The van der Waals surface area contributed by atoms with Crippen LogP contribution in [0, 0.1) is 0 Å². The van der Waals surface area contributed by atoms with E-state index in [0.29, 0.717) is 32.6 Å². The summed E-state index contributed by atoms with van der Waals surface area (Å²) >= 11 is 0. The molecule has 0 aliphatic rings. The Hall–Kier alpha value is -3.29. The number of nitrogens with zero attached hydrogens (tertiary/aromatic N) is 2. The summed E-state index contributed by atoms with van der Waals surface area (Å²) in [5.74, 6) is 0.728. The molecular formula is C23H32N4O4. The highest BCUT2D eigenvalue weighted by Gasteiger charge is 2.22. The summed E-state index contributed by atoms with van der Waals surface area (Å²) in [6.07, 6.45) is 3.61. The van der Waals surface area contributed by atoms with Gasteiger partial charge in [0.05, 0.1) is 13.7 Å². The molecule has 0 saturated heterocycles. The van der Waals surface area contributed by atoms with E-state index < -0.39 is 11.7 Å². The van der Waals surface area contributed by atoms with Gasteiger partial charge in [0, 0.05) is 37.6 Å². The predicted octanol–water partition coefficient (Wildman–Crippen LogP) is 3.72. The molecule has 2 rings (SSSR count). The molecule has 168 valence electrons. The fourth-order valence-electron chi connectivity index (χ4n) is 2.83. The molecule has 0 fully saturated rings. The molecule has 0 unspecified atom stereocenters. The summed E-state index contributed by atoms with van der Waals surface area (Å²) in [6.45, 7) is 7.12. The van der Waals surface area contributed by atoms with E-state index in [1.54, 1.807) is 24.4 Å². The van der Waals surface area contributed by atoms with Crippen molar-refractivity contribution in [3.05, 3.63) is 59.9 Å². The van der Waals surface area contributed by atoms with Crippen molar-refractivity contribution in [2.24, 2.45) is 0 Å². The van der Waals surface area contributed by atoms with Crippen LogP contribution < -0.4 is 15.4 Å². The summed E-state index contributed by atoms with van der Waals surface area (Å²) in [6, 6.07) is 11.0. The zero-order valence-corrected chi connectivity index (χ0v) is 18.7. The van der Waals surface area contributed by atoms with Crippen LogP contribution >= 0.6 is 0 Å². The number of para-hydroxylation sites is 1. The molecular weight excluding hydrogens is 396 g/mol.